The summed E-state index contributed by atoms with van der Waals surface area (Å²) < 4.78 is 1.19. The van der Waals surface area contributed by atoms with Gasteiger partial charge in [0.1, 0.15) is 11.5 Å². The van der Waals surface area contributed by atoms with Crippen LogP contribution in [0.5, 0.6) is 0 Å². The SMILES string of the molecule is Cn1c(N)c(NC2CCCC2CO)c(=O)[nH]c1=O. The van der Waals surface area contributed by atoms with Gasteiger partial charge in [-0.3, -0.25) is 14.3 Å². The summed E-state index contributed by atoms with van der Waals surface area (Å²) in [7, 11) is 1.50. The van der Waals surface area contributed by atoms with Gasteiger partial charge in [-0.15, -0.1) is 0 Å². The van der Waals surface area contributed by atoms with Crippen LogP contribution in [0, 0.1) is 5.92 Å². The molecule has 2 atom stereocenters. The van der Waals surface area contributed by atoms with Crippen LogP contribution >= 0.6 is 0 Å². The van der Waals surface area contributed by atoms with E-state index in [2.05, 4.69) is 10.3 Å². The first-order valence-corrected chi connectivity index (χ1v) is 6.00. The van der Waals surface area contributed by atoms with Crippen LogP contribution < -0.4 is 22.3 Å². The molecule has 18 heavy (non-hydrogen) atoms. The number of nitrogens with two attached hydrogens (primary N) is 1. The number of hydrogen-bond donors (Lipinski definition) is 4. The van der Waals surface area contributed by atoms with Crippen molar-refractivity contribution < 1.29 is 5.11 Å². The molecule has 1 aliphatic carbocycles. The van der Waals surface area contributed by atoms with Crippen LogP contribution in [0.4, 0.5) is 11.5 Å². The molecule has 0 aromatic carbocycles. The van der Waals surface area contributed by atoms with Crippen molar-refractivity contribution in [3.8, 4) is 0 Å². The number of nitrogens with one attached hydrogen (secondary N) is 2. The fourth-order valence-corrected chi connectivity index (χ4v) is 2.41. The van der Waals surface area contributed by atoms with Gasteiger partial charge in [-0.1, -0.05) is 6.42 Å². The molecule has 1 saturated carbocycles. The molecule has 100 valence electrons. The molecule has 0 spiro atoms. The number of H-pyrrole nitrogens is 1. The molecular formula is C11H18N4O3. The molecule has 2 unspecified atom stereocenters. The third kappa shape index (κ3) is 2.13. The standard InChI is InChI=1S/C11H18N4O3/c1-15-9(12)8(10(17)14-11(15)18)13-7-4-2-3-6(7)5-16/h6-7,13,16H,2-5,12H2,1H3,(H,14,17,18). The van der Waals surface area contributed by atoms with Crippen LogP contribution in [-0.2, 0) is 7.05 Å². The molecule has 1 fully saturated rings. The van der Waals surface area contributed by atoms with Crippen LogP contribution in [-0.4, -0.2) is 27.3 Å². The predicted octanol–water partition coefficient (Wildman–Crippen LogP) is -0.771. The summed E-state index contributed by atoms with van der Waals surface area (Å²) in [6, 6.07) is 0.0240. The van der Waals surface area contributed by atoms with Gasteiger partial charge in [-0.25, -0.2) is 4.79 Å². The number of rotatable bonds is 3. The Morgan fingerprint density at radius 2 is 2.22 bits per heavy atom. The first kappa shape index (κ1) is 12.7. The minimum atomic E-state index is -0.534. The Kier molecular flexibility index (Phi) is 3.42. The monoisotopic (exact) mass is 254 g/mol. The molecule has 1 aliphatic rings. The molecule has 0 radical (unpaired) electrons. The number of nitrogen functional groups attached to an aromatic ring is 1. The lowest BCUT2D eigenvalue weighted by Gasteiger charge is -2.21. The fraction of sp³-hybridized carbons (Fsp3) is 0.636. The first-order chi connectivity index (χ1) is 8.54. The average Bonchev–Trinajstić information content (AvgIpc) is 2.79. The number of aromatic amines is 1. The highest BCUT2D eigenvalue weighted by Gasteiger charge is 2.28. The van der Waals surface area contributed by atoms with Crippen molar-refractivity contribution in [3.63, 3.8) is 0 Å². The highest BCUT2D eigenvalue weighted by molar-refractivity contribution is 5.60. The predicted molar refractivity (Wildman–Crippen MR) is 68.6 cm³/mol. The van der Waals surface area contributed by atoms with E-state index < -0.39 is 11.2 Å². The van der Waals surface area contributed by atoms with E-state index >= 15 is 0 Å². The van der Waals surface area contributed by atoms with Gasteiger partial charge in [-0.05, 0) is 12.8 Å². The molecule has 5 N–H and O–H groups in total. The van der Waals surface area contributed by atoms with E-state index in [4.69, 9.17) is 5.73 Å². The lowest BCUT2D eigenvalue weighted by atomic mass is 10.1. The molecule has 7 nitrogen and oxygen atoms in total. The smallest absolute Gasteiger partial charge is 0.329 e. The summed E-state index contributed by atoms with van der Waals surface area (Å²) in [5, 5.41) is 12.3. The van der Waals surface area contributed by atoms with E-state index in [0.717, 1.165) is 19.3 Å². The second kappa shape index (κ2) is 4.85. The van der Waals surface area contributed by atoms with E-state index in [-0.39, 0.29) is 30.1 Å². The lowest BCUT2D eigenvalue weighted by molar-refractivity contribution is 0.222. The molecular weight excluding hydrogens is 236 g/mol. The van der Waals surface area contributed by atoms with Crippen LogP contribution in [0.15, 0.2) is 9.59 Å². The molecule has 1 heterocycles. The molecule has 0 aliphatic heterocycles. The van der Waals surface area contributed by atoms with Gasteiger partial charge in [0.15, 0.2) is 0 Å². The Morgan fingerprint density at radius 1 is 1.50 bits per heavy atom. The Hall–Kier alpha value is -1.76. The summed E-state index contributed by atoms with van der Waals surface area (Å²) in [6.07, 6.45) is 2.82. The van der Waals surface area contributed by atoms with E-state index in [1.807, 2.05) is 0 Å². The Balaban J connectivity index is 2.32. The van der Waals surface area contributed by atoms with Crippen molar-refractivity contribution in [2.24, 2.45) is 13.0 Å². The quantitative estimate of drug-likeness (QED) is 0.565. The number of aliphatic hydroxyl groups is 1. The maximum Gasteiger partial charge on any atom is 0.329 e. The van der Waals surface area contributed by atoms with Gasteiger partial charge >= 0.3 is 5.69 Å². The molecule has 2 rings (SSSR count). The molecule has 0 saturated heterocycles. The lowest BCUT2D eigenvalue weighted by Crippen LogP contribution is -2.36. The third-order valence-electron chi connectivity index (χ3n) is 3.59. The van der Waals surface area contributed by atoms with Crippen molar-refractivity contribution in [1.82, 2.24) is 9.55 Å². The second-order valence-electron chi connectivity index (χ2n) is 4.70. The van der Waals surface area contributed by atoms with Crippen LogP contribution in [0.2, 0.25) is 0 Å². The third-order valence-corrected chi connectivity index (χ3v) is 3.59. The van der Waals surface area contributed by atoms with Gasteiger partial charge in [0, 0.05) is 25.6 Å². The van der Waals surface area contributed by atoms with Crippen molar-refractivity contribution in [2.45, 2.75) is 25.3 Å². The zero-order valence-electron chi connectivity index (χ0n) is 10.3. The summed E-state index contributed by atoms with van der Waals surface area (Å²) >= 11 is 0. The van der Waals surface area contributed by atoms with Gasteiger partial charge in [0.05, 0.1) is 0 Å². The summed E-state index contributed by atoms with van der Waals surface area (Å²) in [6.45, 7) is 0.0846. The second-order valence-corrected chi connectivity index (χ2v) is 4.70. The summed E-state index contributed by atoms with van der Waals surface area (Å²) in [4.78, 5) is 25.3. The minimum Gasteiger partial charge on any atom is -0.396 e. The van der Waals surface area contributed by atoms with Gasteiger partial charge in [0.25, 0.3) is 5.56 Å². The maximum atomic E-state index is 11.7. The highest BCUT2D eigenvalue weighted by Crippen LogP contribution is 2.28. The Labute approximate surface area is 104 Å². The number of nitrogens with zero attached hydrogens (tertiary/aromatic N) is 1. The van der Waals surface area contributed by atoms with Crippen molar-refractivity contribution in [3.05, 3.63) is 20.8 Å². The molecule has 1 aromatic heterocycles. The fourth-order valence-electron chi connectivity index (χ4n) is 2.41. The van der Waals surface area contributed by atoms with Gasteiger partial charge in [-0.2, -0.15) is 0 Å². The Morgan fingerprint density at radius 3 is 2.89 bits per heavy atom. The van der Waals surface area contributed by atoms with Crippen molar-refractivity contribution >= 4 is 11.5 Å². The van der Waals surface area contributed by atoms with E-state index in [9.17, 15) is 14.7 Å². The molecule has 1 aromatic rings. The van der Waals surface area contributed by atoms with Gasteiger partial charge < -0.3 is 16.2 Å². The number of hydrogen-bond acceptors (Lipinski definition) is 5. The number of aromatic nitrogens is 2. The average molecular weight is 254 g/mol. The molecule has 0 amide bonds. The largest absolute Gasteiger partial charge is 0.396 e. The zero-order chi connectivity index (χ0) is 13.3. The number of anilines is 2. The van der Waals surface area contributed by atoms with Crippen LogP contribution in [0.25, 0.3) is 0 Å². The first-order valence-electron chi connectivity index (χ1n) is 6.00. The van der Waals surface area contributed by atoms with Crippen LogP contribution in [0.1, 0.15) is 19.3 Å². The molecule has 7 heteroatoms. The molecule has 0 bridgehead atoms. The maximum absolute atomic E-state index is 11.7. The topological polar surface area (TPSA) is 113 Å². The van der Waals surface area contributed by atoms with Crippen molar-refractivity contribution in [1.29, 1.82) is 0 Å². The van der Waals surface area contributed by atoms with E-state index in [1.165, 1.54) is 11.6 Å². The minimum absolute atomic E-state index is 0.0240. The summed E-state index contributed by atoms with van der Waals surface area (Å²) in [5.41, 5.74) is 4.93. The normalized spacial score (nSPS) is 23.2. The number of aliphatic hydroxyl groups excluding tert-OH is 1. The van der Waals surface area contributed by atoms with E-state index in [0.29, 0.717) is 0 Å². The van der Waals surface area contributed by atoms with Crippen LogP contribution in [0.3, 0.4) is 0 Å². The Bertz CT molecular complexity index is 548. The highest BCUT2D eigenvalue weighted by atomic mass is 16.3. The van der Waals surface area contributed by atoms with Crippen molar-refractivity contribution in [2.75, 3.05) is 17.7 Å². The van der Waals surface area contributed by atoms with E-state index in [1.54, 1.807) is 0 Å². The van der Waals surface area contributed by atoms with Gasteiger partial charge in [0.2, 0.25) is 0 Å². The summed E-state index contributed by atoms with van der Waals surface area (Å²) in [5.74, 6) is 0.244. The zero-order valence-corrected chi connectivity index (χ0v) is 10.3.